The Balaban J connectivity index is 1.48. The molecule has 0 radical (unpaired) electrons. The highest BCUT2D eigenvalue weighted by atomic mass is 16.5. The maximum atomic E-state index is 12.7. The number of nitrogens with one attached hydrogen (secondary N) is 1. The van der Waals surface area contributed by atoms with Crippen LogP contribution in [0.2, 0.25) is 0 Å². The van der Waals surface area contributed by atoms with Gasteiger partial charge in [0.15, 0.2) is 0 Å². The quantitative estimate of drug-likeness (QED) is 0.706. The number of amides is 1. The summed E-state index contributed by atoms with van der Waals surface area (Å²) >= 11 is 0. The first kappa shape index (κ1) is 19.5. The van der Waals surface area contributed by atoms with Gasteiger partial charge < -0.3 is 14.6 Å². The number of aromatic nitrogens is 1. The summed E-state index contributed by atoms with van der Waals surface area (Å²) in [5.41, 5.74) is 0.692. The van der Waals surface area contributed by atoms with E-state index in [1.807, 2.05) is 18.2 Å². The molecule has 5 heteroatoms. The number of aromatic amines is 1. The van der Waals surface area contributed by atoms with Gasteiger partial charge in [-0.2, -0.15) is 0 Å². The molecule has 1 aromatic heterocycles. The number of rotatable bonds is 8. The SMILES string of the molecule is CCCN(C(=O)CCCOc1ccc2[nH]c(=O)ccc2c1)C1CCCCC1. The van der Waals surface area contributed by atoms with Gasteiger partial charge >= 0.3 is 0 Å². The highest BCUT2D eigenvalue weighted by Crippen LogP contribution is 2.24. The zero-order valence-electron chi connectivity index (χ0n) is 16.2. The van der Waals surface area contributed by atoms with Crippen molar-refractivity contribution in [2.24, 2.45) is 0 Å². The van der Waals surface area contributed by atoms with Crippen molar-refractivity contribution in [3.8, 4) is 5.75 Å². The first-order valence-corrected chi connectivity index (χ1v) is 10.2. The van der Waals surface area contributed by atoms with Crippen molar-refractivity contribution in [1.82, 2.24) is 9.88 Å². The van der Waals surface area contributed by atoms with Gasteiger partial charge in [-0.15, -0.1) is 0 Å². The molecule has 146 valence electrons. The molecule has 1 saturated carbocycles. The van der Waals surface area contributed by atoms with Crippen LogP contribution in [0.4, 0.5) is 0 Å². The van der Waals surface area contributed by atoms with E-state index in [-0.39, 0.29) is 11.5 Å². The Kier molecular flexibility index (Phi) is 6.91. The molecular formula is C22H30N2O3. The third kappa shape index (κ3) is 5.34. The van der Waals surface area contributed by atoms with Crippen molar-refractivity contribution < 1.29 is 9.53 Å². The van der Waals surface area contributed by atoms with E-state index in [1.165, 1.54) is 25.3 Å². The van der Waals surface area contributed by atoms with Gasteiger partial charge in [-0.3, -0.25) is 9.59 Å². The number of nitrogens with zero attached hydrogens (tertiary/aromatic N) is 1. The molecule has 1 aromatic carbocycles. The van der Waals surface area contributed by atoms with E-state index >= 15 is 0 Å². The normalized spacial score (nSPS) is 15.0. The molecule has 1 aliphatic carbocycles. The maximum Gasteiger partial charge on any atom is 0.248 e. The molecule has 1 fully saturated rings. The number of ether oxygens (including phenoxy) is 1. The van der Waals surface area contributed by atoms with Crippen LogP contribution in [-0.2, 0) is 4.79 Å². The van der Waals surface area contributed by atoms with Crippen LogP contribution in [0.25, 0.3) is 10.9 Å². The predicted octanol–water partition coefficient (Wildman–Crippen LogP) is 4.26. The Labute approximate surface area is 160 Å². The Morgan fingerprint density at radius 2 is 2.00 bits per heavy atom. The summed E-state index contributed by atoms with van der Waals surface area (Å²) in [6.07, 6.45) is 8.37. The minimum absolute atomic E-state index is 0.107. The molecule has 2 aromatic rings. The summed E-state index contributed by atoms with van der Waals surface area (Å²) in [6, 6.07) is 9.36. The minimum atomic E-state index is -0.107. The monoisotopic (exact) mass is 370 g/mol. The van der Waals surface area contributed by atoms with Crippen LogP contribution in [0.1, 0.15) is 58.3 Å². The lowest BCUT2D eigenvalue weighted by Crippen LogP contribution is -2.42. The first-order valence-electron chi connectivity index (χ1n) is 10.2. The molecule has 0 bridgehead atoms. The molecular weight excluding hydrogens is 340 g/mol. The number of hydrogen-bond donors (Lipinski definition) is 1. The van der Waals surface area contributed by atoms with E-state index in [2.05, 4.69) is 16.8 Å². The minimum Gasteiger partial charge on any atom is -0.494 e. The highest BCUT2D eigenvalue weighted by Gasteiger charge is 2.24. The van der Waals surface area contributed by atoms with Crippen LogP contribution in [-0.4, -0.2) is 35.0 Å². The zero-order chi connectivity index (χ0) is 19.1. The second-order valence-electron chi connectivity index (χ2n) is 7.40. The summed E-state index contributed by atoms with van der Waals surface area (Å²) in [4.78, 5) is 28.9. The van der Waals surface area contributed by atoms with Crippen LogP contribution >= 0.6 is 0 Å². The van der Waals surface area contributed by atoms with Gasteiger partial charge in [0.05, 0.1) is 6.61 Å². The summed E-state index contributed by atoms with van der Waals surface area (Å²) in [5.74, 6) is 1.03. The van der Waals surface area contributed by atoms with Crippen LogP contribution in [0.15, 0.2) is 35.1 Å². The number of pyridine rings is 1. The summed E-state index contributed by atoms with van der Waals surface area (Å²) in [6.45, 7) is 3.53. The average molecular weight is 370 g/mol. The van der Waals surface area contributed by atoms with Gasteiger partial charge in [0.2, 0.25) is 11.5 Å². The lowest BCUT2D eigenvalue weighted by molar-refractivity contribution is -0.134. The van der Waals surface area contributed by atoms with Crippen LogP contribution in [0.3, 0.4) is 0 Å². The standard InChI is InChI=1S/C22H30N2O3/c1-2-14-24(18-7-4-3-5-8-18)22(26)9-6-15-27-19-11-12-20-17(16-19)10-13-21(25)23-20/h10-13,16,18H,2-9,14-15H2,1H3,(H,23,25). The largest absolute Gasteiger partial charge is 0.494 e. The summed E-state index contributed by atoms with van der Waals surface area (Å²) in [7, 11) is 0. The Morgan fingerprint density at radius 1 is 1.19 bits per heavy atom. The van der Waals surface area contributed by atoms with Crippen molar-refractivity contribution in [2.45, 2.75) is 64.3 Å². The Hall–Kier alpha value is -2.30. The average Bonchev–Trinajstić information content (AvgIpc) is 2.70. The van der Waals surface area contributed by atoms with E-state index in [0.29, 0.717) is 19.1 Å². The number of carbonyl (C=O) groups excluding carboxylic acids is 1. The van der Waals surface area contributed by atoms with Gasteiger partial charge in [-0.05, 0) is 49.9 Å². The molecule has 1 heterocycles. The lowest BCUT2D eigenvalue weighted by Gasteiger charge is -2.34. The molecule has 0 atom stereocenters. The number of hydrogen-bond acceptors (Lipinski definition) is 3. The maximum absolute atomic E-state index is 12.7. The summed E-state index contributed by atoms with van der Waals surface area (Å²) < 4.78 is 5.82. The predicted molar refractivity (Wildman–Crippen MR) is 108 cm³/mol. The fourth-order valence-corrected chi connectivity index (χ4v) is 3.92. The topological polar surface area (TPSA) is 62.4 Å². The second kappa shape index (κ2) is 9.58. The van der Waals surface area contributed by atoms with Gasteiger partial charge in [-0.25, -0.2) is 0 Å². The fraction of sp³-hybridized carbons (Fsp3) is 0.545. The fourth-order valence-electron chi connectivity index (χ4n) is 3.92. The smallest absolute Gasteiger partial charge is 0.248 e. The number of carbonyl (C=O) groups is 1. The van der Waals surface area contributed by atoms with Crippen molar-refractivity contribution in [3.05, 3.63) is 40.7 Å². The van der Waals surface area contributed by atoms with Gasteiger partial charge in [-0.1, -0.05) is 26.2 Å². The molecule has 1 amide bonds. The molecule has 0 unspecified atom stereocenters. The third-order valence-corrected chi connectivity index (χ3v) is 5.30. The van der Waals surface area contributed by atoms with Crippen LogP contribution in [0, 0.1) is 0 Å². The highest BCUT2D eigenvalue weighted by molar-refractivity contribution is 5.79. The van der Waals surface area contributed by atoms with Gasteiger partial charge in [0.25, 0.3) is 0 Å². The van der Waals surface area contributed by atoms with E-state index in [4.69, 9.17) is 4.74 Å². The molecule has 27 heavy (non-hydrogen) atoms. The lowest BCUT2D eigenvalue weighted by atomic mass is 9.93. The van der Waals surface area contributed by atoms with Crippen LogP contribution in [0.5, 0.6) is 5.75 Å². The second-order valence-corrected chi connectivity index (χ2v) is 7.40. The molecule has 0 saturated heterocycles. The molecule has 1 N–H and O–H groups in total. The molecule has 0 aliphatic heterocycles. The van der Waals surface area contributed by atoms with Crippen molar-refractivity contribution in [2.75, 3.05) is 13.2 Å². The molecule has 5 nitrogen and oxygen atoms in total. The van der Waals surface area contributed by atoms with E-state index in [0.717, 1.165) is 48.9 Å². The van der Waals surface area contributed by atoms with Crippen molar-refractivity contribution in [3.63, 3.8) is 0 Å². The summed E-state index contributed by atoms with van der Waals surface area (Å²) in [5, 5.41) is 0.939. The van der Waals surface area contributed by atoms with E-state index < -0.39 is 0 Å². The van der Waals surface area contributed by atoms with E-state index in [1.54, 1.807) is 6.07 Å². The van der Waals surface area contributed by atoms with Crippen LogP contribution < -0.4 is 10.3 Å². The van der Waals surface area contributed by atoms with E-state index in [9.17, 15) is 9.59 Å². The van der Waals surface area contributed by atoms with Crippen molar-refractivity contribution in [1.29, 1.82) is 0 Å². The number of benzene rings is 1. The third-order valence-electron chi connectivity index (χ3n) is 5.30. The van der Waals surface area contributed by atoms with Gasteiger partial charge in [0, 0.05) is 36.0 Å². The molecule has 1 aliphatic rings. The Bertz CT molecular complexity index is 809. The Morgan fingerprint density at radius 3 is 2.78 bits per heavy atom. The molecule has 0 spiro atoms. The first-order chi connectivity index (χ1) is 13.2. The van der Waals surface area contributed by atoms with Crippen molar-refractivity contribution >= 4 is 16.8 Å². The zero-order valence-corrected chi connectivity index (χ0v) is 16.2. The molecule has 3 rings (SSSR count). The number of fused-ring (bicyclic) bond motifs is 1. The van der Waals surface area contributed by atoms with Gasteiger partial charge in [0.1, 0.15) is 5.75 Å². The number of H-pyrrole nitrogens is 1.